The first-order chi connectivity index (χ1) is 8.78. The quantitative estimate of drug-likeness (QED) is 0.784. The van der Waals surface area contributed by atoms with Crippen molar-refractivity contribution >= 4 is 17.2 Å². The van der Waals surface area contributed by atoms with E-state index < -0.39 is 0 Å². The molecule has 2 aromatic rings. The summed E-state index contributed by atoms with van der Waals surface area (Å²) < 4.78 is 1.75. The van der Waals surface area contributed by atoms with E-state index in [1.165, 1.54) is 31.2 Å². The predicted octanol–water partition coefficient (Wildman–Crippen LogP) is 3.99. The number of aryl methyl sites for hydroxylation is 1. The average Bonchev–Trinajstić information content (AvgIpc) is 2.97. The molecule has 96 valence electrons. The van der Waals surface area contributed by atoms with Gasteiger partial charge in [0.25, 0.3) is 0 Å². The predicted molar refractivity (Wildman–Crippen MR) is 73.2 cm³/mol. The number of hydrogen-bond donors (Lipinski definition) is 0. The van der Waals surface area contributed by atoms with Crippen molar-refractivity contribution in [3.05, 3.63) is 28.7 Å². The second kappa shape index (κ2) is 4.88. The summed E-state index contributed by atoms with van der Waals surface area (Å²) in [6.45, 7) is 2.14. The lowest BCUT2D eigenvalue weighted by Crippen LogP contribution is -1.97. The van der Waals surface area contributed by atoms with E-state index in [1.807, 2.05) is 0 Å². The summed E-state index contributed by atoms with van der Waals surface area (Å²) >= 11 is 6.31. The highest BCUT2D eigenvalue weighted by atomic mass is 35.5. The Balaban J connectivity index is 2.02. The van der Waals surface area contributed by atoms with Crippen molar-refractivity contribution in [2.24, 2.45) is 0 Å². The molecule has 0 radical (unpaired) electrons. The molecule has 1 saturated carbocycles. The molecule has 0 spiro atoms. The Bertz CT molecular complexity index is 555. The molecule has 4 heteroatoms. The number of hydrogen-bond acceptors (Lipinski definition) is 2. The lowest BCUT2D eigenvalue weighted by molar-refractivity contribution is 0.720. The zero-order valence-electron chi connectivity index (χ0n) is 10.7. The lowest BCUT2D eigenvalue weighted by Gasteiger charge is -2.09. The van der Waals surface area contributed by atoms with Crippen LogP contribution < -0.4 is 0 Å². The van der Waals surface area contributed by atoms with Gasteiger partial charge in [0.15, 0.2) is 11.5 Å². The third-order valence-electron chi connectivity index (χ3n) is 3.76. The molecular formula is C14H18ClN3. The highest BCUT2D eigenvalue weighted by Gasteiger charge is 2.19. The van der Waals surface area contributed by atoms with Gasteiger partial charge in [0, 0.05) is 6.42 Å². The number of halogens is 1. The maximum Gasteiger partial charge on any atom is 0.157 e. The van der Waals surface area contributed by atoms with Gasteiger partial charge < -0.3 is 0 Å². The van der Waals surface area contributed by atoms with Crippen LogP contribution in [-0.4, -0.2) is 14.6 Å². The molecule has 0 unspecified atom stereocenters. The summed E-state index contributed by atoms with van der Waals surface area (Å²) in [5.74, 6) is 1.56. The lowest BCUT2D eigenvalue weighted by atomic mass is 9.99. The fourth-order valence-corrected chi connectivity index (χ4v) is 3.08. The number of pyridine rings is 1. The smallest absolute Gasteiger partial charge is 0.157 e. The van der Waals surface area contributed by atoms with Gasteiger partial charge in [-0.25, -0.2) is 9.50 Å². The van der Waals surface area contributed by atoms with E-state index in [-0.39, 0.29) is 0 Å². The fraction of sp³-hybridized carbons (Fsp3) is 0.571. The van der Waals surface area contributed by atoms with Gasteiger partial charge in [-0.3, -0.25) is 0 Å². The summed E-state index contributed by atoms with van der Waals surface area (Å²) in [5, 5.41) is 5.13. The summed E-state index contributed by atoms with van der Waals surface area (Å²) in [4.78, 5) is 4.56. The fourth-order valence-electron chi connectivity index (χ4n) is 2.83. The molecule has 0 atom stereocenters. The first kappa shape index (κ1) is 12.0. The third kappa shape index (κ3) is 2.12. The molecule has 3 nitrogen and oxygen atoms in total. The van der Waals surface area contributed by atoms with E-state index in [9.17, 15) is 0 Å². The van der Waals surface area contributed by atoms with Crippen LogP contribution in [0.15, 0.2) is 12.1 Å². The molecule has 0 saturated heterocycles. The molecule has 3 rings (SSSR count). The Kier molecular flexibility index (Phi) is 3.25. The number of fused-ring (bicyclic) bond motifs is 1. The van der Waals surface area contributed by atoms with Crippen LogP contribution >= 0.6 is 11.6 Å². The SMILES string of the molecule is CCCc1nc2cc(C3CCCC3)cc(Cl)n2n1. The first-order valence-electron chi connectivity index (χ1n) is 6.83. The average molecular weight is 264 g/mol. The Morgan fingerprint density at radius 1 is 1.33 bits per heavy atom. The van der Waals surface area contributed by atoms with E-state index in [4.69, 9.17) is 11.6 Å². The van der Waals surface area contributed by atoms with Crippen LogP contribution in [0.3, 0.4) is 0 Å². The molecule has 1 fully saturated rings. The Labute approximate surface area is 112 Å². The molecule has 1 aliphatic rings. The summed E-state index contributed by atoms with van der Waals surface area (Å²) in [7, 11) is 0. The third-order valence-corrected chi connectivity index (χ3v) is 4.03. The van der Waals surface area contributed by atoms with Gasteiger partial charge >= 0.3 is 0 Å². The van der Waals surface area contributed by atoms with Gasteiger partial charge in [0.2, 0.25) is 0 Å². The number of rotatable bonds is 3. The molecule has 0 N–H and O–H groups in total. The van der Waals surface area contributed by atoms with Crippen LogP contribution in [0, 0.1) is 0 Å². The van der Waals surface area contributed by atoms with Gasteiger partial charge in [-0.2, -0.15) is 0 Å². The topological polar surface area (TPSA) is 30.2 Å². The molecule has 2 aromatic heterocycles. The maximum absolute atomic E-state index is 6.31. The van der Waals surface area contributed by atoms with E-state index in [2.05, 4.69) is 29.1 Å². The van der Waals surface area contributed by atoms with Crippen molar-refractivity contribution in [2.45, 2.75) is 51.4 Å². The van der Waals surface area contributed by atoms with Gasteiger partial charge in [-0.1, -0.05) is 31.4 Å². The van der Waals surface area contributed by atoms with Crippen molar-refractivity contribution < 1.29 is 0 Å². The Hall–Kier alpha value is -1.09. The summed E-state index contributed by atoms with van der Waals surface area (Å²) in [6, 6.07) is 4.23. The van der Waals surface area contributed by atoms with Crippen LogP contribution in [0.4, 0.5) is 0 Å². The minimum absolute atomic E-state index is 0.666. The zero-order valence-corrected chi connectivity index (χ0v) is 11.5. The molecule has 1 aliphatic carbocycles. The van der Waals surface area contributed by atoms with E-state index in [1.54, 1.807) is 4.52 Å². The molecule has 0 bridgehead atoms. The second-order valence-electron chi connectivity index (χ2n) is 5.14. The van der Waals surface area contributed by atoms with Gasteiger partial charge in [0.05, 0.1) is 0 Å². The van der Waals surface area contributed by atoms with Crippen LogP contribution in [0.5, 0.6) is 0 Å². The van der Waals surface area contributed by atoms with Gasteiger partial charge in [-0.05, 0) is 42.9 Å². The zero-order chi connectivity index (χ0) is 12.5. The largest absolute Gasteiger partial charge is 0.212 e. The number of nitrogens with zero attached hydrogens (tertiary/aromatic N) is 3. The summed E-state index contributed by atoms with van der Waals surface area (Å²) in [5.41, 5.74) is 2.23. The van der Waals surface area contributed by atoms with Crippen LogP contribution in [0.2, 0.25) is 5.15 Å². The second-order valence-corrected chi connectivity index (χ2v) is 5.53. The highest BCUT2D eigenvalue weighted by molar-refractivity contribution is 6.29. The standard InChI is InChI=1S/C14H18ClN3/c1-2-5-13-16-14-9-11(10-6-3-4-7-10)8-12(15)18(14)17-13/h8-10H,2-7H2,1H3. The monoisotopic (exact) mass is 263 g/mol. The van der Waals surface area contributed by atoms with Crippen LogP contribution in [0.1, 0.15) is 56.3 Å². The van der Waals surface area contributed by atoms with Crippen LogP contribution in [-0.2, 0) is 6.42 Å². The van der Waals surface area contributed by atoms with Crippen molar-refractivity contribution in [2.75, 3.05) is 0 Å². The van der Waals surface area contributed by atoms with E-state index in [0.717, 1.165) is 24.3 Å². The molecular weight excluding hydrogens is 246 g/mol. The number of aromatic nitrogens is 3. The minimum Gasteiger partial charge on any atom is -0.212 e. The minimum atomic E-state index is 0.666. The molecule has 2 heterocycles. The molecule has 0 aliphatic heterocycles. The molecule has 0 aromatic carbocycles. The van der Waals surface area contributed by atoms with Gasteiger partial charge in [-0.15, -0.1) is 5.10 Å². The van der Waals surface area contributed by atoms with Crippen LogP contribution in [0.25, 0.3) is 5.65 Å². The van der Waals surface area contributed by atoms with Crippen molar-refractivity contribution in [3.8, 4) is 0 Å². The normalized spacial score (nSPS) is 16.8. The highest BCUT2D eigenvalue weighted by Crippen LogP contribution is 2.35. The van der Waals surface area contributed by atoms with Crippen molar-refractivity contribution in [1.82, 2.24) is 14.6 Å². The van der Waals surface area contributed by atoms with Crippen molar-refractivity contribution in [1.29, 1.82) is 0 Å². The van der Waals surface area contributed by atoms with E-state index >= 15 is 0 Å². The molecule has 0 amide bonds. The first-order valence-corrected chi connectivity index (χ1v) is 7.21. The van der Waals surface area contributed by atoms with Crippen molar-refractivity contribution in [3.63, 3.8) is 0 Å². The maximum atomic E-state index is 6.31. The Morgan fingerprint density at radius 2 is 2.11 bits per heavy atom. The van der Waals surface area contributed by atoms with E-state index in [0.29, 0.717) is 11.1 Å². The summed E-state index contributed by atoms with van der Waals surface area (Å²) in [6.07, 6.45) is 7.20. The Morgan fingerprint density at radius 3 is 2.83 bits per heavy atom. The van der Waals surface area contributed by atoms with Gasteiger partial charge in [0.1, 0.15) is 5.15 Å². The molecule has 18 heavy (non-hydrogen) atoms.